The lowest BCUT2D eigenvalue weighted by molar-refractivity contribution is 0.415. The number of aryl methyl sites for hydroxylation is 1. The molecule has 0 bridgehead atoms. The molecule has 3 nitrogen and oxygen atoms in total. The van der Waals surface area contributed by atoms with Crippen LogP contribution < -0.4 is 10.1 Å². The summed E-state index contributed by atoms with van der Waals surface area (Å²) in [5, 5.41) is 7.01. The highest BCUT2D eigenvalue weighted by atomic mass is 16.5. The van der Waals surface area contributed by atoms with Crippen LogP contribution in [-0.2, 0) is 0 Å². The van der Waals surface area contributed by atoms with Crippen molar-refractivity contribution in [3.8, 4) is 5.75 Å². The molecule has 3 heteroatoms. The van der Waals surface area contributed by atoms with E-state index in [1.165, 1.54) is 10.8 Å². The van der Waals surface area contributed by atoms with Crippen LogP contribution in [0.4, 0.5) is 11.4 Å². The molecule has 0 amide bonds. The van der Waals surface area contributed by atoms with Gasteiger partial charge in [0.25, 0.3) is 0 Å². The highest BCUT2D eigenvalue weighted by Crippen LogP contribution is 2.31. The summed E-state index contributed by atoms with van der Waals surface area (Å²) in [6.07, 6.45) is 0. The van der Waals surface area contributed by atoms with Gasteiger partial charge in [0.2, 0.25) is 0 Å². The number of methoxy groups -OCH3 is 1. The normalized spacial score (nSPS) is 10.9. The second kappa shape index (κ2) is 5.85. The molecule has 1 N–H and O–H groups in total. The van der Waals surface area contributed by atoms with E-state index in [-0.39, 0.29) is 0 Å². The van der Waals surface area contributed by atoms with Gasteiger partial charge in [0.1, 0.15) is 5.75 Å². The molecule has 118 valence electrons. The monoisotopic (exact) mass is 314 g/mol. The summed E-state index contributed by atoms with van der Waals surface area (Å²) in [6, 6.07) is 22.7. The minimum atomic E-state index is 0.849. The number of ether oxygens (including phenoxy) is 1. The summed E-state index contributed by atoms with van der Waals surface area (Å²) in [7, 11) is 1.67. The van der Waals surface area contributed by atoms with Crippen molar-refractivity contribution in [2.75, 3.05) is 12.4 Å². The lowest BCUT2D eigenvalue weighted by Crippen LogP contribution is -1.95. The van der Waals surface area contributed by atoms with Crippen LogP contribution in [0.2, 0.25) is 0 Å². The molecule has 0 spiro atoms. The molecule has 24 heavy (non-hydrogen) atoms. The third-order valence-electron chi connectivity index (χ3n) is 4.20. The van der Waals surface area contributed by atoms with Crippen molar-refractivity contribution in [1.82, 2.24) is 4.98 Å². The third-order valence-corrected chi connectivity index (χ3v) is 4.20. The largest absolute Gasteiger partial charge is 0.497 e. The van der Waals surface area contributed by atoms with Gasteiger partial charge < -0.3 is 10.1 Å². The molecule has 1 heterocycles. The average Bonchev–Trinajstić information content (AvgIpc) is 2.62. The number of hydrogen-bond donors (Lipinski definition) is 1. The van der Waals surface area contributed by atoms with Crippen molar-refractivity contribution in [2.45, 2.75) is 6.92 Å². The van der Waals surface area contributed by atoms with Gasteiger partial charge in [0.15, 0.2) is 0 Å². The van der Waals surface area contributed by atoms with Gasteiger partial charge >= 0.3 is 0 Å². The van der Waals surface area contributed by atoms with Crippen molar-refractivity contribution in [2.24, 2.45) is 0 Å². The van der Waals surface area contributed by atoms with Crippen molar-refractivity contribution in [3.05, 3.63) is 72.4 Å². The smallest absolute Gasteiger partial charge is 0.119 e. The van der Waals surface area contributed by atoms with Gasteiger partial charge in [-0.2, -0.15) is 0 Å². The molecule has 0 aliphatic carbocycles. The standard InChI is InChI=1S/C21H18N2O/c1-14-13-20(23-16-8-10-17(24-2)11-9-16)19-12-7-15-5-3-4-6-18(15)21(19)22-14/h3-13H,1-2H3,(H,22,23). The van der Waals surface area contributed by atoms with Gasteiger partial charge in [-0.05, 0) is 42.6 Å². The zero-order valence-electron chi connectivity index (χ0n) is 13.7. The van der Waals surface area contributed by atoms with Crippen molar-refractivity contribution < 1.29 is 4.74 Å². The fraction of sp³-hybridized carbons (Fsp3) is 0.0952. The van der Waals surface area contributed by atoms with Crippen LogP contribution in [0.25, 0.3) is 21.7 Å². The fourth-order valence-corrected chi connectivity index (χ4v) is 3.02. The predicted octanol–water partition coefficient (Wildman–Crippen LogP) is 5.45. The molecule has 3 aromatic carbocycles. The second-order valence-electron chi connectivity index (χ2n) is 5.85. The first kappa shape index (κ1) is 14.5. The predicted molar refractivity (Wildman–Crippen MR) is 100 cm³/mol. The van der Waals surface area contributed by atoms with Gasteiger partial charge in [-0.25, -0.2) is 0 Å². The molecule has 0 fully saturated rings. The van der Waals surface area contributed by atoms with Crippen LogP contribution in [-0.4, -0.2) is 12.1 Å². The molecular formula is C21H18N2O. The van der Waals surface area contributed by atoms with Gasteiger partial charge in [-0.15, -0.1) is 0 Å². The summed E-state index contributed by atoms with van der Waals surface area (Å²) in [6.45, 7) is 2.03. The molecule has 0 saturated heterocycles. The van der Waals surface area contributed by atoms with E-state index in [4.69, 9.17) is 9.72 Å². The zero-order chi connectivity index (χ0) is 16.5. The topological polar surface area (TPSA) is 34.1 Å². The van der Waals surface area contributed by atoms with Crippen LogP contribution >= 0.6 is 0 Å². The van der Waals surface area contributed by atoms with Crippen LogP contribution in [0.1, 0.15) is 5.69 Å². The molecule has 4 aromatic rings. The summed E-state index contributed by atoms with van der Waals surface area (Å²) in [5.74, 6) is 0.849. The Bertz CT molecular complexity index is 1020. The van der Waals surface area contributed by atoms with Crippen molar-refractivity contribution >= 4 is 33.1 Å². The number of nitrogens with zero attached hydrogens (tertiary/aromatic N) is 1. The van der Waals surface area contributed by atoms with E-state index in [0.29, 0.717) is 0 Å². The number of anilines is 2. The number of hydrogen-bond acceptors (Lipinski definition) is 3. The van der Waals surface area contributed by atoms with E-state index in [1.807, 2.05) is 31.2 Å². The summed E-state index contributed by atoms with van der Waals surface area (Å²) in [4.78, 5) is 4.77. The molecule has 0 atom stereocenters. The molecule has 1 aromatic heterocycles. The van der Waals surface area contributed by atoms with E-state index in [1.54, 1.807) is 7.11 Å². The number of fused-ring (bicyclic) bond motifs is 3. The first-order chi connectivity index (χ1) is 11.7. The summed E-state index contributed by atoms with van der Waals surface area (Å²) < 4.78 is 5.22. The van der Waals surface area contributed by atoms with E-state index in [2.05, 4.69) is 47.8 Å². The Morgan fingerprint density at radius 3 is 2.46 bits per heavy atom. The zero-order valence-corrected chi connectivity index (χ0v) is 13.7. The number of rotatable bonds is 3. The Labute approximate surface area is 140 Å². The quantitative estimate of drug-likeness (QED) is 0.511. The summed E-state index contributed by atoms with van der Waals surface area (Å²) in [5.41, 5.74) is 4.11. The Kier molecular flexibility index (Phi) is 3.54. The maximum Gasteiger partial charge on any atom is 0.119 e. The number of aromatic nitrogens is 1. The Balaban J connectivity index is 1.86. The van der Waals surface area contributed by atoms with Crippen molar-refractivity contribution in [1.29, 1.82) is 0 Å². The van der Waals surface area contributed by atoms with Gasteiger partial charge in [-0.1, -0.05) is 36.4 Å². The number of nitrogens with one attached hydrogen (secondary N) is 1. The first-order valence-electron chi connectivity index (χ1n) is 7.95. The van der Waals surface area contributed by atoms with Crippen LogP contribution in [0.3, 0.4) is 0 Å². The molecule has 4 rings (SSSR count). The lowest BCUT2D eigenvalue weighted by atomic mass is 10.0. The van der Waals surface area contributed by atoms with E-state index in [0.717, 1.165) is 33.7 Å². The fourth-order valence-electron chi connectivity index (χ4n) is 3.02. The van der Waals surface area contributed by atoms with E-state index in [9.17, 15) is 0 Å². The van der Waals surface area contributed by atoms with Crippen molar-refractivity contribution in [3.63, 3.8) is 0 Å². The van der Waals surface area contributed by atoms with E-state index < -0.39 is 0 Å². The van der Waals surface area contributed by atoms with Gasteiger partial charge in [0, 0.05) is 27.8 Å². The van der Waals surface area contributed by atoms with Gasteiger partial charge in [0.05, 0.1) is 12.6 Å². The highest BCUT2D eigenvalue weighted by molar-refractivity contribution is 6.09. The Hall–Kier alpha value is -3.07. The highest BCUT2D eigenvalue weighted by Gasteiger charge is 2.08. The third kappa shape index (κ3) is 2.54. The second-order valence-corrected chi connectivity index (χ2v) is 5.85. The molecule has 0 saturated carbocycles. The molecule has 0 radical (unpaired) electrons. The Morgan fingerprint density at radius 2 is 1.67 bits per heavy atom. The molecule has 0 unspecified atom stereocenters. The van der Waals surface area contributed by atoms with E-state index >= 15 is 0 Å². The molecule has 0 aliphatic heterocycles. The number of pyridine rings is 1. The molecule has 0 aliphatic rings. The summed E-state index contributed by atoms with van der Waals surface area (Å²) >= 11 is 0. The lowest BCUT2D eigenvalue weighted by Gasteiger charge is -2.13. The van der Waals surface area contributed by atoms with Crippen LogP contribution in [0.15, 0.2) is 66.7 Å². The first-order valence-corrected chi connectivity index (χ1v) is 7.95. The van der Waals surface area contributed by atoms with Crippen LogP contribution in [0, 0.1) is 6.92 Å². The average molecular weight is 314 g/mol. The maximum atomic E-state index is 5.22. The Morgan fingerprint density at radius 1 is 0.875 bits per heavy atom. The van der Waals surface area contributed by atoms with Gasteiger partial charge in [-0.3, -0.25) is 4.98 Å². The minimum Gasteiger partial charge on any atom is -0.497 e. The minimum absolute atomic E-state index is 0.849. The maximum absolute atomic E-state index is 5.22. The van der Waals surface area contributed by atoms with Crippen LogP contribution in [0.5, 0.6) is 5.75 Å². The molecular weight excluding hydrogens is 296 g/mol. The number of benzene rings is 3. The SMILES string of the molecule is COc1ccc(Nc2cc(C)nc3c2ccc2ccccc23)cc1.